The van der Waals surface area contributed by atoms with E-state index in [1.54, 1.807) is 12.1 Å². The number of nitrogens with zero attached hydrogens (tertiary/aromatic N) is 4. The van der Waals surface area contributed by atoms with Crippen molar-refractivity contribution in [1.29, 1.82) is 0 Å². The second-order valence-corrected chi connectivity index (χ2v) is 5.62. The molecule has 0 aliphatic carbocycles. The van der Waals surface area contributed by atoms with Gasteiger partial charge in [-0.2, -0.15) is 0 Å². The Morgan fingerprint density at radius 1 is 1.33 bits per heavy atom. The molecule has 9 nitrogen and oxygen atoms in total. The van der Waals surface area contributed by atoms with Crippen LogP contribution < -0.4 is 10.6 Å². The highest BCUT2D eigenvalue weighted by molar-refractivity contribution is 6.30. The van der Waals surface area contributed by atoms with E-state index in [-0.39, 0.29) is 23.4 Å². The van der Waals surface area contributed by atoms with Gasteiger partial charge in [0, 0.05) is 19.3 Å². The Labute approximate surface area is 142 Å². The highest BCUT2D eigenvalue weighted by atomic mass is 35.5. The standard InChI is InChI=1S/C14H15ClN6O3/c15-9-3-4-11(16-6-9)20-14-12(21(22)23)13(18-8-19-14)17-7-10-2-1-5-24-10/h3-4,6,8,10H,1-2,5,7H2,(H2,16,17,18,19,20). The van der Waals surface area contributed by atoms with E-state index >= 15 is 0 Å². The Kier molecular flexibility index (Phi) is 5.02. The molecule has 1 atom stereocenters. The molecule has 1 aliphatic heterocycles. The van der Waals surface area contributed by atoms with E-state index in [9.17, 15) is 10.1 Å². The molecule has 0 spiro atoms. The van der Waals surface area contributed by atoms with Crippen LogP contribution in [0.2, 0.25) is 5.02 Å². The van der Waals surface area contributed by atoms with Crippen molar-refractivity contribution in [3.05, 3.63) is 39.8 Å². The fourth-order valence-electron chi connectivity index (χ4n) is 2.36. The summed E-state index contributed by atoms with van der Waals surface area (Å²) in [6.45, 7) is 1.17. The first kappa shape index (κ1) is 16.3. The van der Waals surface area contributed by atoms with Gasteiger partial charge in [-0.15, -0.1) is 0 Å². The number of ether oxygens (including phenoxy) is 1. The molecule has 0 radical (unpaired) electrons. The van der Waals surface area contributed by atoms with E-state index in [1.165, 1.54) is 12.5 Å². The van der Waals surface area contributed by atoms with E-state index in [0.717, 1.165) is 12.8 Å². The Balaban J connectivity index is 1.81. The van der Waals surface area contributed by atoms with Gasteiger partial charge in [0.25, 0.3) is 0 Å². The minimum Gasteiger partial charge on any atom is -0.376 e. The average Bonchev–Trinajstić information content (AvgIpc) is 3.08. The molecule has 3 heterocycles. The molecule has 1 fully saturated rings. The van der Waals surface area contributed by atoms with Crippen molar-refractivity contribution in [2.24, 2.45) is 0 Å². The SMILES string of the molecule is O=[N+]([O-])c1c(NCC2CCCO2)ncnc1Nc1ccc(Cl)cn1. The van der Waals surface area contributed by atoms with Crippen molar-refractivity contribution >= 4 is 34.7 Å². The first-order chi connectivity index (χ1) is 11.6. The number of hydrogen-bond acceptors (Lipinski definition) is 8. The molecule has 1 aliphatic rings. The van der Waals surface area contributed by atoms with Gasteiger partial charge in [0.1, 0.15) is 12.1 Å². The van der Waals surface area contributed by atoms with Crippen LogP contribution in [0.3, 0.4) is 0 Å². The molecule has 10 heteroatoms. The summed E-state index contributed by atoms with van der Waals surface area (Å²) in [6, 6.07) is 3.23. The van der Waals surface area contributed by atoms with Gasteiger partial charge < -0.3 is 15.4 Å². The van der Waals surface area contributed by atoms with Crippen molar-refractivity contribution in [1.82, 2.24) is 15.0 Å². The third-order valence-electron chi connectivity index (χ3n) is 3.50. The number of hydrogen-bond donors (Lipinski definition) is 2. The Bertz CT molecular complexity index is 721. The number of pyridine rings is 1. The number of halogens is 1. The molecule has 0 amide bonds. The maximum atomic E-state index is 11.5. The molecule has 2 N–H and O–H groups in total. The van der Waals surface area contributed by atoms with Crippen LogP contribution in [0.15, 0.2) is 24.7 Å². The Morgan fingerprint density at radius 2 is 2.17 bits per heavy atom. The van der Waals surface area contributed by atoms with Gasteiger partial charge in [-0.1, -0.05) is 11.6 Å². The van der Waals surface area contributed by atoms with Gasteiger partial charge in [0.15, 0.2) is 0 Å². The number of aromatic nitrogens is 3. The normalized spacial score (nSPS) is 16.8. The van der Waals surface area contributed by atoms with Gasteiger partial charge >= 0.3 is 5.69 Å². The summed E-state index contributed by atoms with van der Waals surface area (Å²) in [6.07, 6.45) is 4.64. The number of anilines is 3. The van der Waals surface area contributed by atoms with Gasteiger partial charge in [-0.05, 0) is 25.0 Å². The Hall–Kier alpha value is -2.52. The summed E-state index contributed by atoms with van der Waals surface area (Å²) in [4.78, 5) is 22.9. The first-order valence-electron chi connectivity index (χ1n) is 7.37. The lowest BCUT2D eigenvalue weighted by molar-refractivity contribution is -0.383. The van der Waals surface area contributed by atoms with E-state index in [0.29, 0.717) is 24.0 Å². The zero-order valence-corrected chi connectivity index (χ0v) is 13.4. The molecule has 24 heavy (non-hydrogen) atoms. The molecule has 2 aromatic rings. The monoisotopic (exact) mass is 350 g/mol. The summed E-state index contributed by atoms with van der Waals surface area (Å²) in [7, 11) is 0. The largest absolute Gasteiger partial charge is 0.376 e. The molecule has 126 valence electrons. The summed E-state index contributed by atoms with van der Waals surface area (Å²) in [5.74, 6) is 0.591. The van der Waals surface area contributed by atoms with Crippen molar-refractivity contribution in [3.63, 3.8) is 0 Å². The van der Waals surface area contributed by atoms with Crippen molar-refractivity contribution < 1.29 is 9.66 Å². The zero-order chi connectivity index (χ0) is 16.9. The van der Waals surface area contributed by atoms with Gasteiger partial charge in [0.2, 0.25) is 11.6 Å². The topological polar surface area (TPSA) is 115 Å². The van der Waals surface area contributed by atoms with Gasteiger partial charge in [-0.3, -0.25) is 10.1 Å². The average molecular weight is 351 g/mol. The van der Waals surface area contributed by atoms with Crippen LogP contribution in [-0.2, 0) is 4.74 Å². The summed E-state index contributed by atoms with van der Waals surface area (Å²) in [5.41, 5.74) is -0.243. The molecule has 3 rings (SSSR count). The van der Waals surface area contributed by atoms with Crippen LogP contribution in [0.25, 0.3) is 0 Å². The fraction of sp³-hybridized carbons (Fsp3) is 0.357. The molecule has 0 saturated carbocycles. The van der Waals surface area contributed by atoms with Crippen molar-refractivity contribution in [3.8, 4) is 0 Å². The van der Waals surface area contributed by atoms with E-state index < -0.39 is 4.92 Å². The molecule has 1 saturated heterocycles. The van der Waals surface area contributed by atoms with Crippen LogP contribution >= 0.6 is 11.6 Å². The third-order valence-corrected chi connectivity index (χ3v) is 3.72. The minimum atomic E-state index is -0.532. The predicted molar refractivity (Wildman–Crippen MR) is 88.7 cm³/mol. The van der Waals surface area contributed by atoms with Crippen LogP contribution in [0, 0.1) is 10.1 Å². The number of nitrogens with one attached hydrogen (secondary N) is 2. The second kappa shape index (κ2) is 7.37. The lowest BCUT2D eigenvalue weighted by Crippen LogP contribution is -2.20. The van der Waals surface area contributed by atoms with Gasteiger partial charge in [-0.25, -0.2) is 15.0 Å². The molecule has 2 aromatic heterocycles. The van der Waals surface area contributed by atoms with E-state index in [2.05, 4.69) is 25.6 Å². The summed E-state index contributed by atoms with van der Waals surface area (Å²) < 4.78 is 5.50. The zero-order valence-electron chi connectivity index (χ0n) is 12.6. The smallest absolute Gasteiger partial charge is 0.353 e. The lowest BCUT2D eigenvalue weighted by atomic mass is 10.2. The van der Waals surface area contributed by atoms with Crippen LogP contribution in [0.5, 0.6) is 0 Å². The quantitative estimate of drug-likeness (QED) is 0.603. The van der Waals surface area contributed by atoms with Crippen LogP contribution in [0.4, 0.5) is 23.1 Å². The van der Waals surface area contributed by atoms with Gasteiger partial charge in [0.05, 0.1) is 16.0 Å². The van der Waals surface area contributed by atoms with Crippen molar-refractivity contribution in [2.45, 2.75) is 18.9 Å². The highest BCUT2D eigenvalue weighted by Gasteiger charge is 2.24. The molecule has 0 bridgehead atoms. The number of rotatable bonds is 6. The molecule has 1 unspecified atom stereocenters. The fourth-order valence-corrected chi connectivity index (χ4v) is 2.47. The predicted octanol–water partition coefficient (Wildman–Crippen LogP) is 2.77. The minimum absolute atomic E-state index is 0.0360. The van der Waals surface area contributed by atoms with E-state index in [4.69, 9.17) is 16.3 Å². The van der Waals surface area contributed by atoms with Crippen molar-refractivity contribution in [2.75, 3.05) is 23.8 Å². The maximum Gasteiger partial charge on any atom is 0.353 e. The summed E-state index contributed by atoms with van der Waals surface area (Å²) >= 11 is 5.78. The second-order valence-electron chi connectivity index (χ2n) is 5.18. The first-order valence-corrected chi connectivity index (χ1v) is 7.74. The van der Waals surface area contributed by atoms with Crippen LogP contribution in [-0.4, -0.2) is 39.1 Å². The highest BCUT2D eigenvalue weighted by Crippen LogP contribution is 2.31. The molecular formula is C14H15ClN6O3. The van der Waals surface area contributed by atoms with Crippen LogP contribution in [0.1, 0.15) is 12.8 Å². The maximum absolute atomic E-state index is 11.5. The molecular weight excluding hydrogens is 336 g/mol. The number of nitro groups is 1. The molecule has 0 aromatic carbocycles. The van der Waals surface area contributed by atoms with E-state index in [1.807, 2.05) is 0 Å². The Morgan fingerprint density at radius 3 is 2.83 bits per heavy atom. The third kappa shape index (κ3) is 3.87. The summed E-state index contributed by atoms with van der Waals surface area (Å²) in [5, 5.41) is 17.7. The lowest BCUT2D eigenvalue weighted by Gasteiger charge is -2.12.